The van der Waals surface area contributed by atoms with E-state index in [9.17, 15) is 0 Å². The summed E-state index contributed by atoms with van der Waals surface area (Å²) in [4.78, 5) is 4.13. The number of hydrogen-bond donors (Lipinski definition) is 1. The van der Waals surface area contributed by atoms with Crippen LogP contribution in [-0.4, -0.2) is 19.9 Å². The maximum absolute atomic E-state index is 8.72. The fraction of sp³-hybridized carbons (Fsp3) is 0.714. The van der Waals surface area contributed by atoms with Gasteiger partial charge >= 0.3 is 0 Å². The van der Waals surface area contributed by atoms with E-state index < -0.39 is 0 Å². The summed E-state index contributed by atoms with van der Waals surface area (Å²) in [5, 5.41) is 12.7. The summed E-state index contributed by atoms with van der Waals surface area (Å²) in [6.07, 6.45) is 0. The van der Waals surface area contributed by atoms with Crippen LogP contribution in [0.5, 0.6) is 0 Å². The molecule has 1 heterocycles. The molecule has 0 atom stereocenters. The van der Waals surface area contributed by atoms with Gasteiger partial charge in [0.2, 0.25) is 0 Å². The first-order valence-corrected chi connectivity index (χ1v) is 3.65. The van der Waals surface area contributed by atoms with Crippen LogP contribution in [0.4, 0.5) is 0 Å². The van der Waals surface area contributed by atoms with Crippen LogP contribution in [0.15, 0.2) is 0 Å². The zero-order valence-electron chi connectivity index (χ0n) is 7.07. The van der Waals surface area contributed by atoms with Gasteiger partial charge in [0, 0.05) is 13.0 Å². The highest BCUT2D eigenvalue weighted by molar-refractivity contribution is 4.95. The van der Waals surface area contributed by atoms with Crippen molar-refractivity contribution in [2.45, 2.75) is 26.4 Å². The van der Waals surface area contributed by atoms with Gasteiger partial charge in [0.05, 0.1) is 0 Å². The van der Waals surface area contributed by atoms with Crippen molar-refractivity contribution < 1.29 is 5.11 Å². The molecule has 0 saturated heterocycles. The van der Waals surface area contributed by atoms with Gasteiger partial charge in [0.25, 0.3) is 0 Å². The summed E-state index contributed by atoms with van der Waals surface area (Å²) in [6, 6.07) is 0. The highest BCUT2D eigenvalue weighted by Crippen LogP contribution is 2.09. The van der Waals surface area contributed by atoms with Crippen LogP contribution in [-0.2, 0) is 13.7 Å². The van der Waals surface area contributed by atoms with Gasteiger partial charge in [-0.3, -0.25) is 4.68 Å². The van der Waals surface area contributed by atoms with Gasteiger partial charge in [-0.25, -0.2) is 4.98 Å². The lowest BCUT2D eigenvalue weighted by Crippen LogP contribution is -2.00. The Bertz CT molecular complexity index is 242. The highest BCUT2D eigenvalue weighted by atomic mass is 16.3. The topological polar surface area (TPSA) is 50.9 Å². The van der Waals surface area contributed by atoms with Crippen molar-refractivity contribution in [3.05, 3.63) is 11.6 Å². The monoisotopic (exact) mass is 155 g/mol. The van der Waals surface area contributed by atoms with Gasteiger partial charge in [0.15, 0.2) is 5.82 Å². The van der Waals surface area contributed by atoms with Crippen molar-refractivity contribution in [2.75, 3.05) is 0 Å². The molecule has 62 valence electrons. The summed E-state index contributed by atoms with van der Waals surface area (Å²) in [5.74, 6) is 1.76. The van der Waals surface area contributed by atoms with Crippen molar-refractivity contribution in [1.82, 2.24) is 14.8 Å². The van der Waals surface area contributed by atoms with Gasteiger partial charge in [0.1, 0.15) is 12.4 Å². The van der Waals surface area contributed by atoms with Crippen molar-refractivity contribution in [3.8, 4) is 0 Å². The first kappa shape index (κ1) is 8.20. The maximum atomic E-state index is 8.72. The molecular weight excluding hydrogens is 142 g/mol. The molecule has 1 aromatic rings. The fourth-order valence-electron chi connectivity index (χ4n) is 1.02. The van der Waals surface area contributed by atoms with Crippen LogP contribution in [0.3, 0.4) is 0 Å². The third kappa shape index (κ3) is 1.57. The van der Waals surface area contributed by atoms with E-state index in [1.165, 1.54) is 0 Å². The van der Waals surface area contributed by atoms with Gasteiger partial charge in [-0.2, -0.15) is 5.10 Å². The molecule has 0 amide bonds. The molecule has 1 N–H and O–H groups in total. The summed E-state index contributed by atoms with van der Waals surface area (Å²) < 4.78 is 1.70. The number of rotatable bonds is 2. The molecule has 0 spiro atoms. The summed E-state index contributed by atoms with van der Waals surface area (Å²) in [6.45, 7) is 4.01. The minimum Gasteiger partial charge on any atom is -0.388 e. The average Bonchev–Trinajstić information content (AvgIpc) is 2.30. The summed E-state index contributed by atoms with van der Waals surface area (Å²) in [7, 11) is 1.83. The molecule has 0 radical (unpaired) electrons. The number of nitrogens with zero attached hydrogens (tertiary/aromatic N) is 3. The Kier molecular flexibility index (Phi) is 2.24. The lowest BCUT2D eigenvalue weighted by molar-refractivity contribution is 0.271. The molecular formula is C7H13N3O. The molecule has 0 aromatic carbocycles. The minimum absolute atomic E-state index is 0.0828. The van der Waals surface area contributed by atoms with E-state index in [1.807, 2.05) is 20.9 Å². The highest BCUT2D eigenvalue weighted by Gasteiger charge is 2.08. The van der Waals surface area contributed by atoms with Crippen LogP contribution in [0.25, 0.3) is 0 Å². The molecule has 1 aromatic heterocycles. The smallest absolute Gasteiger partial charge is 0.176 e. The second-order valence-electron chi connectivity index (χ2n) is 2.82. The first-order chi connectivity index (χ1) is 5.15. The summed E-state index contributed by atoms with van der Waals surface area (Å²) in [5.41, 5.74) is 0. The van der Waals surface area contributed by atoms with Crippen molar-refractivity contribution >= 4 is 0 Å². The van der Waals surface area contributed by atoms with Gasteiger partial charge < -0.3 is 5.11 Å². The molecule has 0 saturated carbocycles. The Morgan fingerprint density at radius 2 is 2.18 bits per heavy atom. The predicted octanol–water partition coefficient (Wildman–Crippen LogP) is 0.431. The maximum Gasteiger partial charge on any atom is 0.176 e. The zero-order chi connectivity index (χ0) is 8.43. The Morgan fingerprint density at radius 1 is 1.55 bits per heavy atom. The second kappa shape index (κ2) is 3.00. The van der Waals surface area contributed by atoms with E-state index >= 15 is 0 Å². The lowest BCUT2D eigenvalue weighted by Gasteiger charge is -2.00. The molecule has 4 nitrogen and oxygen atoms in total. The molecule has 0 aliphatic rings. The normalized spacial score (nSPS) is 11.0. The third-order valence-corrected chi connectivity index (χ3v) is 1.50. The number of aliphatic hydroxyl groups is 1. The lowest BCUT2D eigenvalue weighted by atomic mass is 10.2. The minimum atomic E-state index is -0.0828. The molecule has 0 aliphatic carbocycles. The fourth-order valence-corrected chi connectivity index (χ4v) is 1.02. The second-order valence-corrected chi connectivity index (χ2v) is 2.82. The zero-order valence-corrected chi connectivity index (χ0v) is 7.07. The first-order valence-electron chi connectivity index (χ1n) is 3.65. The van der Waals surface area contributed by atoms with E-state index in [0.29, 0.717) is 11.7 Å². The molecule has 0 fully saturated rings. The predicted molar refractivity (Wildman–Crippen MR) is 41.0 cm³/mol. The van der Waals surface area contributed by atoms with Crippen molar-refractivity contribution in [2.24, 2.45) is 7.05 Å². The molecule has 11 heavy (non-hydrogen) atoms. The van der Waals surface area contributed by atoms with Gasteiger partial charge in [-0.1, -0.05) is 13.8 Å². The van der Waals surface area contributed by atoms with Gasteiger partial charge in [-0.05, 0) is 0 Å². The van der Waals surface area contributed by atoms with Crippen LogP contribution in [0, 0.1) is 0 Å². The quantitative estimate of drug-likeness (QED) is 0.673. The molecule has 4 heteroatoms. The number of aromatic nitrogens is 3. The Hall–Kier alpha value is -0.900. The standard InChI is InChI=1S/C7H13N3O/c1-5(2)7-8-6(4-11)9-10(7)3/h5,11H,4H2,1-3H3. The van der Waals surface area contributed by atoms with Crippen LogP contribution < -0.4 is 0 Å². The van der Waals surface area contributed by atoms with Crippen LogP contribution >= 0.6 is 0 Å². The van der Waals surface area contributed by atoms with Crippen molar-refractivity contribution in [3.63, 3.8) is 0 Å². The Labute approximate surface area is 65.9 Å². The number of aryl methyl sites for hydroxylation is 1. The van der Waals surface area contributed by atoms with E-state index in [4.69, 9.17) is 5.11 Å². The Morgan fingerprint density at radius 3 is 2.45 bits per heavy atom. The van der Waals surface area contributed by atoms with Crippen LogP contribution in [0.2, 0.25) is 0 Å². The van der Waals surface area contributed by atoms with E-state index in [-0.39, 0.29) is 6.61 Å². The van der Waals surface area contributed by atoms with Gasteiger partial charge in [-0.15, -0.1) is 0 Å². The molecule has 0 unspecified atom stereocenters. The number of aliphatic hydroxyl groups excluding tert-OH is 1. The molecule has 0 aliphatic heterocycles. The SMILES string of the molecule is CC(C)c1nc(CO)nn1C. The summed E-state index contributed by atoms with van der Waals surface area (Å²) >= 11 is 0. The third-order valence-electron chi connectivity index (χ3n) is 1.50. The van der Waals surface area contributed by atoms with E-state index in [0.717, 1.165) is 5.82 Å². The molecule has 1 rings (SSSR count). The van der Waals surface area contributed by atoms with E-state index in [1.54, 1.807) is 4.68 Å². The average molecular weight is 155 g/mol. The molecule has 0 bridgehead atoms. The number of hydrogen-bond acceptors (Lipinski definition) is 3. The van der Waals surface area contributed by atoms with Crippen molar-refractivity contribution in [1.29, 1.82) is 0 Å². The van der Waals surface area contributed by atoms with E-state index in [2.05, 4.69) is 10.1 Å². The van der Waals surface area contributed by atoms with Crippen LogP contribution in [0.1, 0.15) is 31.4 Å². The Balaban J connectivity index is 2.97. The largest absolute Gasteiger partial charge is 0.388 e.